The Hall–Kier alpha value is -1.82. The van der Waals surface area contributed by atoms with Gasteiger partial charge in [0.1, 0.15) is 5.57 Å². The SMILES string of the molecule is CC1(C)OC(=O)C(=CC=CN2CCOCC2)C(=O)O1. The van der Waals surface area contributed by atoms with Crippen molar-refractivity contribution in [2.45, 2.75) is 19.6 Å². The molecule has 0 bridgehead atoms. The van der Waals surface area contributed by atoms with Gasteiger partial charge in [-0.2, -0.15) is 0 Å². The molecule has 0 radical (unpaired) electrons. The number of esters is 2. The minimum atomic E-state index is -1.20. The molecule has 0 atom stereocenters. The van der Waals surface area contributed by atoms with Gasteiger partial charge in [-0.15, -0.1) is 0 Å². The lowest BCUT2D eigenvalue weighted by Crippen LogP contribution is -2.41. The zero-order valence-corrected chi connectivity index (χ0v) is 11.0. The van der Waals surface area contributed by atoms with Crippen LogP contribution in [0.15, 0.2) is 23.9 Å². The average molecular weight is 267 g/mol. The highest BCUT2D eigenvalue weighted by Crippen LogP contribution is 2.22. The van der Waals surface area contributed by atoms with Crippen LogP contribution in [0, 0.1) is 0 Å². The number of hydrogen-bond donors (Lipinski definition) is 0. The van der Waals surface area contributed by atoms with Gasteiger partial charge >= 0.3 is 11.9 Å². The smallest absolute Gasteiger partial charge is 0.348 e. The van der Waals surface area contributed by atoms with Crippen molar-refractivity contribution in [2.75, 3.05) is 26.3 Å². The highest BCUT2D eigenvalue weighted by atomic mass is 16.7. The van der Waals surface area contributed by atoms with E-state index in [1.54, 1.807) is 6.08 Å². The van der Waals surface area contributed by atoms with Crippen molar-refractivity contribution < 1.29 is 23.8 Å². The summed E-state index contributed by atoms with van der Waals surface area (Å²) in [5.41, 5.74) is -0.0937. The van der Waals surface area contributed by atoms with E-state index < -0.39 is 17.7 Å². The second-order valence-electron chi connectivity index (χ2n) is 4.75. The molecule has 104 valence electrons. The third-order valence-electron chi connectivity index (χ3n) is 2.72. The van der Waals surface area contributed by atoms with E-state index in [4.69, 9.17) is 14.2 Å². The maximum absolute atomic E-state index is 11.6. The number of carbonyl (C=O) groups excluding carboxylic acids is 2. The highest BCUT2D eigenvalue weighted by molar-refractivity contribution is 6.15. The van der Waals surface area contributed by atoms with Crippen LogP contribution in [0.2, 0.25) is 0 Å². The molecule has 6 nitrogen and oxygen atoms in total. The topological polar surface area (TPSA) is 65.1 Å². The van der Waals surface area contributed by atoms with E-state index in [0.717, 1.165) is 13.1 Å². The summed E-state index contributed by atoms with van der Waals surface area (Å²) in [5.74, 6) is -2.51. The standard InChI is InChI=1S/C13H17NO5/c1-13(2)18-11(15)10(12(16)19-13)4-3-5-14-6-8-17-9-7-14/h3-5H,6-9H2,1-2H3. The molecule has 0 aromatic rings. The van der Waals surface area contributed by atoms with Crippen LogP contribution in [0.5, 0.6) is 0 Å². The lowest BCUT2D eigenvalue weighted by atomic mass is 10.2. The molecule has 0 aromatic carbocycles. The molecule has 2 aliphatic rings. The van der Waals surface area contributed by atoms with E-state index >= 15 is 0 Å². The summed E-state index contributed by atoms with van der Waals surface area (Å²) >= 11 is 0. The van der Waals surface area contributed by atoms with Gasteiger partial charge in [-0.05, 0) is 18.4 Å². The summed E-state index contributed by atoms with van der Waals surface area (Å²) in [5, 5.41) is 0. The first-order valence-corrected chi connectivity index (χ1v) is 6.15. The van der Waals surface area contributed by atoms with Gasteiger partial charge in [0.05, 0.1) is 13.2 Å². The molecule has 2 fully saturated rings. The van der Waals surface area contributed by atoms with Crippen LogP contribution >= 0.6 is 0 Å². The molecular formula is C13H17NO5. The van der Waals surface area contributed by atoms with Gasteiger partial charge in [0.2, 0.25) is 0 Å². The van der Waals surface area contributed by atoms with E-state index in [9.17, 15) is 9.59 Å². The van der Waals surface area contributed by atoms with Gasteiger partial charge in [-0.25, -0.2) is 9.59 Å². The van der Waals surface area contributed by atoms with Gasteiger partial charge in [-0.1, -0.05) is 0 Å². The number of morpholine rings is 1. The van der Waals surface area contributed by atoms with Crippen molar-refractivity contribution in [1.29, 1.82) is 0 Å². The second-order valence-corrected chi connectivity index (χ2v) is 4.75. The molecule has 2 rings (SSSR count). The number of cyclic esters (lactones) is 2. The first-order chi connectivity index (χ1) is 8.98. The summed E-state index contributed by atoms with van der Waals surface area (Å²) in [6, 6.07) is 0. The molecule has 2 heterocycles. The minimum Gasteiger partial charge on any atom is -0.419 e. The molecule has 0 amide bonds. The van der Waals surface area contributed by atoms with Crippen molar-refractivity contribution in [2.24, 2.45) is 0 Å². The monoisotopic (exact) mass is 267 g/mol. The molecule has 2 aliphatic heterocycles. The summed E-state index contributed by atoms with van der Waals surface area (Å²) in [6.07, 6.45) is 4.87. The zero-order chi connectivity index (χ0) is 13.9. The molecule has 0 aromatic heterocycles. The number of rotatable bonds is 2. The van der Waals surface area contributed by atoms with E-state index in [0.29, 0.717) is 13.2 Å². The van der Waals surface area contributed by atoms with E-state index in [-0.39, 0.29) is 5.57 Å². The predicted molar refractivity (Wildman–Crippen MR) is 65.9 cm³/mol. The zero-order valence-electron chi connectivity index (χ0n) is 11.0. The van der Waals surface area contributed by atoms with Gasteiger partial charge in [0.25, 0.3) is 5.79 Å². The van der Waals surface area contributed by atoms with E-state index in [2.05, 4.69) is 0 Å². The molecular weight excluding hydrogens is 250 g/mol. The molecule has 0 unspecified atom stereocenters. The Morgan fingerprint density at radius 1 is 1.11 bits per heavy atom. The molecule has 0 saturated carbocycles. The predicted octanol–water partition coefficient (Wildman–Crippen LogP) is 0.595. The Kier molecular flexibility index (Phi) is 3.90. The minimum absolute atomic E-state index is 0.0937. The number of hydrogen-bond acceptors (Lipinski definition) is 6. The summed E-state index contributed by atoms with van der Waals surface area (Å²) in [7, 11) is 0. The lowest BCUT2D eigenvalue weighted by molar-refractivity contribution is -0.222. The first-order valence-electron chi connectivity index (χ1n) is 6.15. The van der Waals surface area contributed by atoms with Crippen LogP contribution in [-0.4, -0.2) is 48.9 Å². The molecule has 6 heteroatoms. The third kappa shape index (κ3) is 3.57. The molecule has 19 heavy (non-hydrogen) atoms. The molecule has 0 N–H and O–H groups in total. The largest absolute Gasteiger partial charge is 0.419 e. The van der Waals surface area contributed by atoms with Crippen molar-refractivity contribution in [3.63, 3.8) is 0 Å². The van der Waals surface area contributed by atoms with Gasteiger partial charge in [0, 0.05) is 26.9 Å². The first kappa shape index (κ1) is 13.6. The van der Waals surface area contributed by atoms with Crippen molar-refractivity contribution >= 4 is 11.9 Å². The van der Waals surface area contributed by atoms with Gasteiger partial charge in [-0.3, -0.25) is 0 Å². The van der Waals surface area contributed by atoms with Gasteiger partial charge < -0.3 is 19.1 Å². The van der Waals surface area contributed by atoms with Crippen LogP contribution in [0.3, 0.4) is 0 Å². The van der Waals surface area contributed by atoms with E-state index in [1.807, 2.05) is 11.1 Å². The normalized spacial score (nSPS) is 23.3. The summed E-state index contributed by atoms with van der Waals surface area (Å²) < 4.78 is 15.2. The quantitative estimate of drug-likeness (QED) is 0.414. The third-order valence-corrected chi connectivity index (χ3v) is 2.72. The van der Waals surface area contributed by atoms with Crippen molar-refractivity contribution in [3.05, 3.63) is 23.9 Å². The van der Waals surface area contributed by atoms with Crippen molar-refractivity contribution in [3.8, 4) is 0 Å². The fraction of sp³-hybridized carbons (Fsp3) is 0.538. The van der Waals surface area contributed by atoms with E-state index in [1.165, 1.54) is 19.9 Å². The maximum Gasteiger partial charge on any atom is 0.348 e. The highest BCUT2D eigenvalue weighted by Gasteiger charge is 2.38. The van der Waals surface area contributed by atoms with Gasteiger partial charge in [0.15, 0.2) is 0 Å². The summed E-state index contributed by atoms with van der Waals surface area (Å²) in [6.45, 7) is 5.98. The number of nitrogens with zero attached hydrogens (tertiary/aromatic N) is 1. The molecule has 0 spiro atoms. The molecule has 0 aliphatic carbocycles. The molecule has 2 saturated heterocycles. The second kappa shape index (κ2) is 5.44. The van der Waals surface area contributed by atoms with Crippen LogP contribution < -0.4 is 0 Å². The fourth-order valence-corrected chi connectivity index (χ4v) is 1.78. The Morgan fingerprint density at radius 3 is 2.26 bits per heavy atom. The summed E-state index contributed by atoms with van der Waals surface area (Å²) in [4.78, 5) is 25.3. The number of carbonyl (C=O) groups is 2. The fourth-order valence-electron chi connectivity index (χ4n) is 1.78. The lowest BCUT2D eigenvalue weighted by Gasteiger charge is -2.29. The number of ether oxygens (including phenoxy) is 3. The van der Waals surface area contributed by atoms with Crippen molar-refractivity contribution in [1.82, 2.24) is 4.90 Å². The Balaban J connectivity index is 2.00. The Labute approximate surface area is 111 Å². The van der Waals surface area contributed by atoms with Crippen LogP contribution in [-0.2, 0) is 23.8 Å². The van der Waals surface area contributed by atoms with Crippen LogP contribution in [0.1, 0.15) is 13.8 Å². The Bertz CT molecular complexity index is 410. The maximum atomic E-state index is 11.6. The van der Waals surface area contributed by atoms with Crippen LogP contribution in [0.4, 0.5) is 0 Å². The Morgan fingerprint density at radius 2 is 1.68 bits per heavy atom. The average Bonchev–Trinajstić information content (AvgIpc) is 2.32. The van der Waals surface area contributed by atoms with Crippen LogP contribution in [0.25, 0.3) is 0 Å². The number of allylic oxidation sites excluding steroid dienone is 2.